The molecule has 1 aliphatic carbocycles. The second-order valence-corrected chi connectivity index (χ2v) is 7.02. The topological polar surface area (TPSA) is 58.4 Å². The van der Waals surface area contributed by atoms with Crippen molar-refractivity contribution in [1.29, 1.82) is 0 Å². The summed E-state index contributed by atoms with van der Waals surface area (Å²) in [5.41, 5.74) is 6.30. The van der Waals surface area contributed by atoms with Gasteiger partial charge in [0.15, 0.2) is 5.69 Å². The van der Waals surface area contributed by atoms with Crippen molar-refractivity contribution in [2.24, 2.45) is 0 Å². The fourth-order valence-corrected chi connectivity index (χ4v) is 3.93. The highest BCUT2D eigenvalue weighted by molar-refractivity contribution is 5.94. The van der Waals surface area contributed by atoms with Crippen molar-refractivity contribution in [3.8, 4) is 5.69 Å². The SMILES string of the molecule is Cc1ccc(-n2nc(C(=O)N3CC[C@@H](O)C3)c3c2CCC3)c(C)c1. The summed E-state index contributed by atoms with van der Waals surface area (Å²) >= 11 is 0. The second-order valence-electron chi connectivity index (χ2n) is 7.02. The Balaban J connectivity index is 1.76. The standard InChI is InChI=1S/C19H23N3O2/c1-12-6-7-16(13(2)10-12)22-17-5-3-4-15(17)18(20-22)19(24)21-9-8-14(23)11-21/h6-7,10,14,23H,3-5,8-9,11H2,1-2H3/t14-/m1/s1. The van der Waals surface area contributed by atoms with E-state index in [1.807, 2.05) is 4.68 Å². The smallest absolute Gasteiger partial charge is 0.274 e. The summed E-state index contributed by atoms with van der Waals surface area (Å²) in [5, 5.41) is 14.4. The number of aliphatic hydroxyl groups is 1. The first-order chi connectivity index (χ1) is 11.5. The maximum absolute atomic E-state index is 12.9. The van der Waals surface area contributed by atoms with Gasteiger partial charge < -0.3 is 10.0 Å². The molecule has 1 aromatic carbocycles. The molecule has 0 bridgehead atoms. The van der Waals surface area contributed by atoms with Crippen LogP contribution < -0.4 is 0 Å². The minimum absolute atomic E-state index is 0.0341. The number of hydrogen-bond acceptors (Lipinski definition) is 3. The molecule has 24 heavy (non-hydrogen) atoms. The van der Waals surface area contributed by atoms with Crippen LogP contribution in [0.25, 0.3) is 5.69 Å². The van der Waals surface area contributed by atoms with Crippen LogP contribution in [-0.2, 0) is 12.8 Å². The molecule has 0 unspecified atom stereocenters. The fourth-order valence-electron chi connectivity index (χ4n) is 3.93. The fraction of sp³-hybridized carbons (Fsp3) is 0.474. The molecule has 5 nitrogen and oxygen atoms in total. The number of carbonyl (C=O) groups is 1. The first-order valence-electron chi connectivity index (χ1n) is 8.70. The van der Waals surface area contributed by atoms with Crippen LogP contribution >= 0.6 is 0 Å². The summed E-state index contributed by atoms with van der Waals surface area (Å²) in [4.78, 5) is 14.6. The summed E-state index contributed by atoms with van der Waals surface area (Å²) in [7, 11) is 0. The lowest BCUT2D eigenvalue weighted by Crippen LogP contribution is -2.30. The largest absolute Gasteiger partial charge is 0.391 e. The third kappa shape index (κ3) is 2.44. The molecule has 0 saturated carbocycles. The molecule has 2 heterocycles. The Kier molecular flexibility index (Phi) is 3.68. The van der Waals surface area contributed by atoms with Crippen LogP contribution in [0.2, 0.25) is 0 Å². The zero-order chi connectivity index (χ0) is 16.8. The van der Waals surface area contributed by atoms with E-state index in [1.165, 1.54) is 16.8 Å². The zero-order valence-electron chi connectivity index (χ0n) is 14.2. The number of likely N-dealkylation sites (tertiary alicyclic amines) is 1. The number of aliphatic hydroxyl groups excluding tert-OH is 1. The Morgan fingerprint density at radius 1 is 1.29 bits per heavy atom. The number of aryl methyl sites for hydroxylation is 2. The van der Waals surface area contributed by atoms with Gasteiger partial charge in [-0.15, -0.1) is 0 Å². The zero-order valence-corrected chi connectivity index (χ0v) is 14.2. The Morgan fingerprint density at radius 3 is 2.83 bits per heavy atom. The first-order valence-corrected chi connectivity index (χ1v) is 8.70. The van der Waals surface area contributed by atoms with Crippen LogP contribution in [0, 0.1) is 13.8 Å². The molecular formula is C19H23N3O2. The molecule has 1 aliphatic heterocycles. The molecule has 0 radical (unpaired) electrons. The monoisotopic (exact) mass is 325 g/mol. The van der Waals surface area contributed by atoms with E-state index in [2.05, 4.69) is 32.0 Å². The minimum Gasteiger partial charge on any atom is -0.391 e. The molecule has 1 amide bonds. The summed E-state index contributed by atoms with van der Waals surface area (Å²) in [6, 6.07) is 6.32. The number of hydrogen-bond donors (Lipinski definition) is 1. The van der Waals surface area contributed by atoms with E-state index in [1.54, 1.807) is 4.90 Å². The van der Waals surface area contributed by atoms with Crippen LogP contribution in [0.3, 0.4) is 0 Å². The Hall–Kier alpha value is -2.14. The van der Waals surface area contributed by atoms with Crippen molar-refractivity contribution in [2.45, 2.75) is 45.6 Å². The van der Waals surface area contributed by atoms with Crippen molar-refractivity contribution >= 4 is 5.91 Å². The van der Waals surface area contributed by atoms with Crippen LogP contribution in [0.5, 0.6) is 0 Å². The number of benzene rings is 1. The molecule has 1 N–H and O–H groups in total. The summed E-state index contributed by atoms with van der Waals surface area (Å²) < 4.78 is 1.97. The van der Waals surface area contributed by atoms with E-state index in [0.717, 1.165) is 30.5 Å². The highest BCUT2D eigenvalue weighted by Gasteiger charge is 2.32. The molecule has 1 saturated heterocycles. The van der Waals surface area contributed by atoms with Crippen LogP contribution in [0.1, 0.15) is 45.7 Å². The Labute approximate surface area is 141 Å². The number of aromatic nitrogens is 2. The van der Waals surface area contributed by atoms with Gasteiger partial charge in [-0.3, -0.25) is 4.79 Å². The maximum atomic E-state index is 12.9. The number of carbonyl (C=O) groups excluding carboxylic acids is 1. The van der Waals surface area contributed by atoms with Crippen molar-refractivity contribution in [2.75, 3.05) is 13.1 Å². The van der Waals surface area contributed by atoms with Crippen molar-refractivity contribution in [3.63, 3.8) is 0 Å². The predicted molar refractivity (Wildman–Crippen MR) is 91.6 cm³/mol. The van der Waals surface area contributed by atoms with Gasteiger partial charge in [-0.25, -0.2) is 4.68 Å². The van der Waals surface area contributed by atoms with Gasteiger partial charge in [0.25, 0.3) is 5.91 Å². The third-order valence-corrected chi connectivity index (χ3v) is 5.16. The average molecular weight is 325 g/mol. The van der Waals surface area contributed by atoms with E-state index in [4.69, 9.17) is 5.10 Å². The number of amides is 1. The number of nitrogens with zero attached hydrogens (tertiary/aromatic N) is 3. The summed E-state index contributed by atoms with van der Waals surface area (Å²) in [6.07, 6.45) is 3.21. The molecule has 2 aromatic rings. The lowest BCUT2D eigenvalue weighted by molar-refractivity contribution is 0.0757. The normalized spacial score (nSPS) is 19.8. The van der Waals surface area contributed by atoms with Gasteiger partial charge in [0, 0.05) is 24.3 Å². The number of fused-ring (bicyclic) bond motifs is 1. The van der Waals surface area contributed by atoms with Gasteiger partial charge in [0.05, 0.1) is 11.8 Å². The van der Waals surface area contributed by atoms with Gasteiger partial charge in [-0.2, -0.15) is 5.10 Å². The van der Waals surface area contributed by atoms with E-state index in [-0.39, 0.29) is 5.91 Å². The van der Waals surface area contributed by atoms with Crippen LogP contribution in [0.4, 0.5) is 0 Å². The van der Waals surface area contributed by atoms with Gasteiger partial charge in [-0.05, 0) is 51.2 Å². The molecule has 5 heteroatoms. The maximum Gasteiger partial charge on any atom is 0.274 e. The second kappa shape index (κ2) is 5.74. The highest BCUT2D eigenvalue weighted by Crippen LogP contribution is 2.30. The molecule has 1 atom stereocenters. The van der Waals surface area contributed by atoms with Crippen molar-refractivity contribution < 1.29 is 9.90 Å². The van der Waals surface area contributed by atoms with Crippen molar-refractivity contribution in [1.82, 2.24) is 14.7 Å². The summed E-state index contributed by atoms with van der Waals surface area (Å²) in [6.45, 7) is 5.21. The minimum atomic E-state index is -0.400. The van der Waals surface area contributed by atoms with Gasteiger partial charge in [-0.1, -0.05) is 17.7 Å². The van der Waals surface area contributed by atoms with Gasteiger partial charge in [0.1, 0.15) is 0 Å². The average Bonchev–Trinajstić information content (AvgIpc) is 3.23. The third-order valence-electron chi connectivity index (χ3n) is 5.16. The number of β-amino-alcohol motifs (C(OH)–C–C–N with tert-alkyl or cyclic N) is 1. The lowest BCUT2D eigenvalue weighted by atomic mass is 10.1. The first kappa shape index (κ1) is 15.4. The molecule has 2 aliphatic rings. The Bertz CT molecular complexity index is 809. The molecule has 126 valence electrons. The van der Waals surface area contributed by atoms with Crippen LogP contribution in [0.15, 0.2) is 18.2 Å². The highest BCUT2D eigenvalue weighted by atomic mass is 16.3. The Morgan fingerprint density at radius 2 is 2.12 bits per heavy atom. The van der Waals surface area contributed by atoms with Crippen molar-refractivity contribution in [3.05, 3.63) is 46.3 Å². The molecule has 1 fully saturated rings. The summed E-state index contributed by atoms with van der Waals surface area (Å²) in [5.74, 6) is -0.0341. The molecule has 1 aromatic heterocycles. The van der Waals surface area contributed by atoms with E-state index in [0.29, 0.717) is 25.2 Å². The van der Waals surface area contributed by atoms with E-state index >= 15 is 0 Å². The van der Waals surface area contributed by atoms with E-state index in [9.17, 15) is 9.90 Å². The lowest BCUT2D eigenvalue weighted by Gasteiger charge is -2.14. The quantitative estimate of drug-likeness (QED) is 0.921. The van der Waals surface area contributed by atoms with Gasteiger partial charge >= 0.3 is 0 Å². The number of rotatable bonds is 2. The molecule has 4 rings (SSSR count). The van der Waals surface area contributed by atoms with Gasteiger partial charge in [0.2, 0.25) is 0 Å². The molecular weight excluding hydrogens is 302 g/mol. The van der Waals surface area contributed by atoms with Crippen LogP contribution in [-0.4, -0.2) is 44.9 Å². The molecule has 0 spiro atoms. The predicted octanol–water partition coefficient (Wildman–Crippen LogP) is 2.18. The van der Waals surface area contributed by atoms with E-state index < -0.39 is 6.10 Å².